The maximum Gasteiger partial charge on any atom is 0.272 e. The number of hydrogen-bond donors (Lipinski definition) is 1. The second-order valence-electron chi connectivity index (χ2n) is 4.71. The summed E-state index contributed by atoms with van der Waals surface area (Å²) in [5.41, 5.74) is 6.68. The van der Waals surface area contributed by atoms with E-state index in [1.54, 1.807) is 24.3 Å². The molecule has 18 heavy (non-hydrogen) atoms. The van der Waals surface area contributed by atoms with E-state index in [2.05, 4.69) is 0 Å². The number of piperidine rings is 1. The molecule has 1 aliphatic rings. The summed E-state index contributed by atoms with van der Waals surface area (Å²) in [7, 11) is 0. The van der Waals surface area contributed by atoms with Crippen LogP contribution in [-0.2, 0) is 4.79 Å². The molecule has 2 N–H and O–H groups in total. The highest BCUT2D eigenvalue weighted by atomic mass is 19.3. The summed E-state index contributed by atoms with van der Waals surface area (Å²) in [6.07, 6.45) is 0.274. The number of carbonyl (C=O) groups is 1. The minimum atomic E-state index is -2.89. The van der Waals surface area contributed by atoms with Gasteiger partial charge in [-0.3, -0.25) is 4.79 Å². The van der Waals surface area contributed by atoms with E-state index < -0.39 is 18.4 Å². The summed E-state index contributed by atoms with van der Waals surface area (Å²) in [6.45, 7) is 1.19. The number of alkyl halides is 2. The lowest BCUT2D eigenvalue weighted by Gasteiger charge is -2.38. The Labute approximate surface area is 105 Å². The summed E-state index contributed by atoms with van der Waals surface area (Å²) >= 11 is 0. The van der Waals surface area contributed by atoms with Gasteiger partial charge < -0.3 is 10.6 Å². The summed E-state index contributed by atoms with van der Waals surface area (Å²) in [4.78, 5) is 12.4. The van der Waals surface area contributed by atoms with Crippen molar-refractivity contribution in [1.82, 2.24) is 4.90 Å². The second-order valence-corrected chi connectivity index (χ2v) is 4.71. The molecule has 98 valence electrons. The smallest absolute Gasteiger partial charge is 0.272 e. The molecule has 1 fully saturated rings. The van der Waals surface area contributed by atoms with Crippen molar-refractivity contribution in [1.29, 1.82) is 0 Å². The fraction of sp³-hybridized carbons (Fsp3) is 0.462. The van der Waals surface area contributed by atoms with E-state index in [-0.39, 0.29) is 12.3 Å². The van der Waals surface area contributed by atoms with Crippen molar-refractivity contribution in [3.8, 4) is 0 Å². The molecule has 0 aliphatic carbocycles. The summed E-state index contributed by atoms with van der Waals surface area (Å²) < 4.78 is 28.1. The molecule has 5 heteroatoms. The van der Waals surface area contributed by atoms with Gasteiger partial charge in [0.2, 0.25) is 5.91 Å². The minimum Gasteiger partial charge on any atom is -0.399 e. The van der Waals surface area contributed by atoms with Crippen LogP contribution in [0.4, 0.5) is 14.5 Å². The van der Waals surface area contributed by atoms with Crippen LogP contribution in [0.5, 0.6) is 0 Å². The van der Waals surface area contributed by atoms with E-state index >= 15 is 0 Å². The topological polar surface area (TPSA) is 46.3 Å². The third kappa shape index (κ3) is 2.44. The second kappa shape index (κ2) is 4.55. The quantitative estimate of drug-likeness (QED) is 0.781. The molecule has 3 nitrogen and oxygen atoms in total. The molecule has 0 aromatic heterocycles. The zero-order chi connectivity index (χ0) is 13.3. The Bertz CT molecular complexity index is 445. The molecule has 1 amide bonds. The van der Waals surface area contributed by atoms with Crippen LogP contribution in [0.3, 0.4) is 0 Å². The van der Waals surface area contributed by atoms with Gasteiger partial charge in [0.15, 0.2) is 0 Å². The number of carbonyl (C=O) groups excluding carboxylic acids is 1. The van der Waals surface area contributed by atoms with Crippen LogP contribution in [0, 0.1) is 0 Å². The Hall–Kier alpha value is -1.65. The van der Waals surface area contributed by atoms with Crippen LogP contribution in [0.2, 0.25) is 0 Å². The molecule has 2 rings (SSSR count). The molecule has 1 heterocycles. The highest BCUT2D eigenvalue weighted by Gasteiger charge is 2.45. The SMILES string of the molecule is CC(=O)N1CCC(c2ccc(N)cc2)C(F)(F)C1. The lowest BCUT2D eigenvalue weighted by molar-refractivity contribution is -0.142. The van der Waals surface area contributed by atoms with Crippen LogP contribution in [0.1, 0.15) is 24.8 Å². The maximum absolute atomic E-state index is 14.0. The van der Waals surface area contributed by atoms with Crippen LogP contribution in [0.25, 0.3) is 0 Å². The lowest BCUT2D eigenvalue weighted by atomic mass is 9.86. The van der Waals surface area contributed by atoms with E-state index in [1.807, 2.05) is 0 Å². The van der Waals surface area contributed by atoms with E-state index in [0.717, 1.165) is 0 Å². The van der Waals surface area contributed by atoms with Gasteiger partial charge >= 0.3 is 0 Å². The molecular weight excluding hydrogens is 238 g/mol. The molecule has 1 saturated heterocycles. The fourth-order valence-corrected chi connectivity index (χ4v) is 2.35. The van der Waals surface area contributed by atoms with Gasteiger partial charge in [-0.05, 0) is 24.1 Å². The van der Waals surface area contributed by atoms with Gasteiger partial charge in [-0.25, -0.2) is 8.78 Å². The Morgan fingerprint density at radius 3 is 2.50 bits per heavy atom. The molecule has 0 saturated carbocycles. The lowest BCUT2D eigenvalue weighted by Crippen LogP contribution is -2.49. The van der Waals surface area contributed by atoms with Gasteiger partial charge in [-0.15, -0.1) is 0 Å². The van der Waals surface area contributed by atoms with Crippen LogP contribution in [-0.4, -0.2) is 29.8 Å². The fourth-order valence-electron chi connectivity index (χ4n) is 2.35. The summed E-state index contributed by atoms with van der Waals surface area (Å²) in [5.74, 6) is -4.03. The number of nitrogens with zero attached hydrogens (tertiary/aromatic N) is 1. The van der Waals surface area contributed by atoms with Crippen LogP contribution >= 0.6 is 0 Å². The highest BCUT2D eigenvalue weighted by molar-refractivity contribution is 5.73. The third-order valence-corrected chi connectivity index (χ3v) is 3.38. The Morgan fingerprint density at radius 1 is 1.39 bits per heavy atom. The van der Waals surface area contributed by atoms with Crippen molar-refractivity contribution in [3.63, 3.8) is 0 Å². The standard InChI is InChI=1S/C13H16F2N2O/c1-9(18)17-7-6-12(13(14,15)8-17)10-2-4-11(16)5-3-10/h2-5,12H,6-8,16H2,1H3. The van der Waals surface area contributed by atoms with Crippen molar-refractivity contribution in [2.75, 3.05) is 18.8 Å². The van der Waals surface area contributed by atoms with E-state index in [9.17, 15) is 13.6 Å². The number of hydrogen-bond acceptors (Lipinski definition) is 2. The first-order valence-corrected chi connectivity index (χ1v) is 5.89. The van der Waals surface area contributed by atoms with Gasteiger partial charge in [0, 0.05) is 19.2 Å². The van der Waals surface area contributed by atoms with Crippen molar-refractivity contribution < 1.29 is 13.6 Å². The molecule has 1 aliphatic heterocycles. The third-order valence-electron chi connectivity index (χ3n) is 3.38. The van der Waals surface area contributed by atoms with Crippen molar-refractivity contribution in [2.24, 2.45) is 0 Å². The number of rotatable bonds is 1. The van der Waals surface area contributed by atoms with E-state index in [1.165, 1.54) is 11.8 Å². The predicted octanol–water partition coefficient (Wildman–Crippen LogP) is 2.24. The molecule has 1 aromatic carbocycles. The van der Waals surface area contributed by atoms with E-state index in [4.69, 9.17) is 5.73 Å². The van der Waals surface area contributed by atoms with Crippen molar-refractivity contribution in [2.45, 2.75) is 25.2 Å². The number of benzene rings is 1. The Balaban J connectivity index is 2.20. The van der Waals surface area contributed by atoms with Gasteiger partial charge in [-0.2, -0.15) is 0 Å². The number of anilines is 1. The summed E-state index contributed by atoms with van der Waals surface area (Å²) in [5, 5.41) is 0. The monoisotopic (exact) mass is 254 g/mol. The van der Waals surface area contributed by atoms with Crippen LogP contribution < -0.4 is 5.73 Å². The number of halogens is 2. The first-order valence-electron chi connectivity index (χ1n) is 5.89. The Morgan fingerprint density at radius 2 is 2.00 bits per heavy atom. The molecule has 0 bridgehead atoms. The number of likely N-dealkylation sites (tertiary alicyclic amines) is 1. The van der Waals surface area contributed by atoms with Crippen molar-refractivity contribution >= 4 is 11.6 Å². The molecule has 0 radical (unpaired) electrons. The van der Waals surface area contributed by atoms with Crippen molar-refractivity contribution in [3.05, 3.63) is 29.8 Å². The van der Waals surface area contributed by atoms with Gasteiger partial charge in [0.25, 0.3) is 5.92 Å². The number of nitrogen functional groups attached to an aromatic ring is 1. The van der Waals surface area contributed by atoms with Gasteiger partial charge in [0.1, 0.15) is 0 Å². The van der Waals surface area contributed by atoms with Gasteiger partial charge in [-0.1, -0.05) is 12.1 Å². The number of nitrogens with two attached hydrogens (primary N) is 1. The molecular formula is C13H16F2N2O. The average Bonchev–Trinajstić information content (AvgIpc) is 2.29. The predicted molar refractivity (Wildman–Crippen MR) is 65.4 cm³/mol. The molecule has 0 spiro atoms. The maximum atomic E-state index is 14.0. The highest BCUT2D eigenvalue weighted by Crippen LogP contribution is 2.40. The molecule has 1 atom stereocenters. The van der Waals surface area contributed by atoms with Gasteiger partial charge in [0.05, 0.1) is 12.5 Å². The largest absolute Gasteiger partial charge is 0.399 e. The first kappa shape index (κ1) is 12.8. The first-order chi connectivity index (χ1) is 8.40. The molecule has 1 unspecified atom stereocenters. The minimum absolute atomic E-state index is 0.274. The molecule has 1 aromatic rings. The zero-order valence-electron chi connectivity index (χ0n) is 10.2. The number of amides is 1. The average molecular weight is 254 g/mol. The van der Waals surface area contributed by atoms with E-state index in [0.29, 0.717) is 17.8 Å². The Kier molecular flexibility index (Phi) is 3.24. The van der Waals surface area contributed by atoms with Crippen LogP contribution in [0.15, 0.2) is 24.3 Å². The normalized spacial score (nSPS) is 22.8. The zero-order valence-corrected chi connectivity index (χ0v) is 10.2. The summed E-state index contributed by atoms with van der Waals surface area (Å²) in [6, 6.07) is 6.53.